The molecule has 0 atom stereocenters. The Balaban J connectivity index is 3.17. The van der Waals surface area contributed by atoms with E-state index in [1.165, 1.54) is 0 Å². The van der Waals surface area contributed by atoms with Gasteiger partial charge < -0.3 is 0 Å². The van der Waals surface area contributed by atoms with E-state index < -0.39 is 9.84 Å². The van der Waals surface area contributed by atoms with E-state index in [0.29, 0.717) is 0 Å². The van der Waals surface area contributed by atoms with Crippen LogP contribution >= 0.6 is 0 Å². The van der Waals surface area contributed by atoms with Crippen LogP contribution in [0.4, 0.5) is 0 Å². The second-order valence-corrected chi connectivity index (χ2v) is 4.37. The predicted molar refractivity (Wildman–Crippen MR) is 44.0 cm³/mol. The van der Waals surface area contributed by atoms with Crippen molar-refractivity contribution in [2.45, 2.75) is 0 Å². The van der Waals surface area contributed by atoms with Gasteiger partial charge in [0.2, 0.25) is 0 Å². The lowest BCUT2D eigenvalue weighted by molar-refractivity contribution is 0.602. The predicted octanol–water partition coefficient (Wildman–Crippen LogP) is 1.25. The van der Waals surface area contributed by atoms with Gasteiger partial charge in [0.25, 0.3) is 0 Å². The van der Waals surface area contributed by atoms with Crippen LogP contribution in [0.15, 0.2) is 21.6 Å². The van der Waals surface area contributed by atoms with Crippen molar-refractivity contribution < 1.29 is 8.42 Å². The molecule has 0 aromatic heterocycles. The third-order valence-electron chi connectivity index (χ3n) is 1.38. The first-order valence-corrected chi connectivity index (χ1v) is 4.94. The van der Waals surface area contributed by atoms with E-state index in [2.05, 4.69) is 20.1 Å². The van der Waals surface area contributed by atoms with Crippen LogP contribution in [0.2, 0.25) is 0 Å². The molecule has 1 rings (SSSR count). The third kappa shape index (κ3) is 2.12. The van der Waals surface area contributed by atoms with E-state index in [9.17, 15) is 8.42 Å². The van der Waals surface area contributed by atoms with Gasteiger partial charge in [-0.15, -0.1) is 0 Å². The largest absolute Gasteiger partial charge is 0.228 e. The molecule has 0 amide bonds. The Bertz CT molecular complexity index is 413. The molecule has 1 aliphatic heterocycles. The van der Waals surface area contributed by atoms with Crippen LogP contribution in [0.5, 0.6) is 0 Å². The van der Waals surface area contributed by atoms with Crippen LogP contribution in [-0.4, -0.2) is 19.9 Å². The molecule has 0 N–H and O–H groups in total. The molecule has 0 saturated carbocycles. The van der Waals surface area contributed by atoms with Crippen LogP contribution in [0.1, 0.15) is 0 Å². The lowest BCUT2D eigenvalue weighted by atomic mass is 10.4. The van der Waals surface area contributed by atoms with Crippen LogP contribution < -0.4 is 0 Å². The molecule has 1 heterocycles. The Labute approximate surface area is 73.0 Å². The van der Waals surface area contributed by atoms with Crippen molar-refractivity contribution >= 4 is 9.84 Å². The molecular formula is C4H4N6O2S. The molecule has 0 aromatic rings. The monoisotopic (exact) mass is 200 g/mol. The van der Waals surface area contributed by atoms with Gasteiger partial charge in [-0.3, -0.25) is 0 Å². The molecule has 68 valence electrons. The first-order valence-electron chi connectivity index (χ1n) is 3.12. The number of rotatable bonds is 2. The molecule has 0 aromatic carbocycles. The fourth-order valence-corrected chi connectivity index (χ4v) is 2.30. The van der Waals surface area contributed by atoms with Gasteiger partial charge in [0.15, 0.2) is 9.84 Å². The standard InChI is InChI=1S/C4H4N6O2S/c5-9-7-3-1-13(11,12)2-4(3)8-10-6/h1-2H2. The smallest absolute Gasteiger partial charge is 0.158 e. The first-order chi connectivity index (χ1) is 6.09. The van der Waals surface area contributed by atoms with Crippen LogP contribution in [0, 0.1) is 0 Å². The molecular weight excluding hydrogens is 196 g/mol. The van der Waals surface area contributed by atoms with Crippen molar-refractivity contribution in [3.05, 3.63) is 32.3 Å². The molecule has 9 heteroatoms. The summed E-state index contributed by atoms with van der Waals surface area (Å²) in [6.07, 6.45) is 0. The fourth-order valence-electron chi connectivity index (χ4n) is 0.915. The summed E-state index contributed by atoms with van der Waals surface area (Å²) in [6.45, 7) is 0. The summed E-state index contributed by atoms with van der Waals surface area (Å²) < 4.78 is 22.0. The van der Waals surface area contributed by atoms with E-state index in [4.69, 9.17) is 11.1 Å². The van der Waals surface area contributed by atoms with Gasteiger partial charge in [0, 0.05) is 21.2 Å². The maximum atomic E-state index is 11.0. The summed E-state index contributed by atoms with van der Waals surface area (Å²) in [5, 5.41) is 6.27. The Morgan fingerprint density at radius 2 is 1.46 bits per heavy atom. The minimum absolute atomic E-state index is 0.0136. The van der Waals surface area contributed by atoms with Crippen molar-refractivity contribution in [2.24, 2.45) is 10.2 Å². The van der Waals surface area contributed by atoms with Crippen molar-refractivity contribution in [3.63, 3.8) is 0 Å². The van der Waals surface area contributed by atoms with Crippen LogP contribution in [0.3, 0.4) is 0 Å². The molecule has 0 radical (unpaired) electrons. The highest BCUT2D eigenvalue weighted by Crippen LogP contribution is 2.21. The van der Waals surface area contributed by atoms with E-state index in [1.54, 1.807) is 0 Å². The Hall–Kier alpha value is -1.69. The zero-order valence-electron chi connectivity index (χ0n) is 6.32. The molecule has 0 bridgehead atoms. The average molecular weight is 200 g/mol. The van der Waals surface area contributed by atoms with Crippen molar-refractivity contribution in [1.29, 1.82) is 0 Å². The SMILES string of the molecule is [N-]=[N+]=NC1=C(N=[N+]=[N-])CS(=O)(=O)C1. The van der Waals surface area contributed by atoms with Gasteiger partial charge in [-0.05, 0) is 11.1 Å². The van der Waals surface area contributed by atoms with Crippen molar-refractivity contribution in [2.75, 3.05) is 11.5 Å². The fraction of sp³-hybridized carbons (Fsp3) is 0.500. The summed E-state index contributed by atoms with van der Waals surface area (Å²) in [4.78, 5) is 4.87. The molecule has 0 spiro atoms. The highest BCUT2D eigenvalue weighted by Gasteiger charge is 2.25. The quantitative estimate of drug-likeness (QED) is 0.377. The van der Waals surface area contributed by atoms with Crippen molar-refractivity contribution in [1.82, 2.24) is 0 Å². The summed E-state index contributed by atoms with van der Waals surface area (Å²) in [5.41, 5.74) is 16.1. The average Bonchev–Trinajstić information content (AvgIpc) is 2.28. The molecule has 13 heavy (non-hydrogen) atoms. The van der Waals surface area contributed by atoms with Gasteiger partial charge >= 0.3 is 0 Å². The van der Waals surface area contributed by atoms with E-state index in [0.717, 1.165) is 0 Å². The molecule has 0 unspecified atom stereocenters. The number of azide groups is 2. The van der Waals surface area contributed by atoms with Crippen LogP contribution in [-0.2, 0) is 9.84 Å². The second-order valence-electron chi connectivity index (χ2n) is 2.30. The van der Waals surface area contributed by atoms with Gasteiger partial charge in [0.05, 0.1) is 11.5 Å². The van der Waals surface area contributed by atoms with Gasteiger partial charge in [-0.2, -0.15) is 0 Å². The number of nitrogens with zero attached hydrogens (tertiary/aromatic N) is 6. The summed E-state index contributed by atoms with van der Waals surface area (Å²) >= 11 is 0. The van der Waals surface area contributed by atoms with E-state index in [-0.39, 0.29) is 22.9 Å². The molecule has 1 aliphatic rings. The Morgan fingerprint density at radius 1 is 1.08 bits per heavy atom. The topological polar surface area (TPSA) is 132 Å². The third-order valence-corrected chi connectivity index (χ3v) is 2.80. The lowest BCUT2D eigenvalue weighted by Gasteiger charge is -1.86. The minimum Gasteiger partial charge on any atom is -0.228 e. The zero-order valence-corrected chi connectivity index (χ0v) is 7.14. The van der Waals surface area contributed by atoms with E-state index in [1.807, 2.05) is 0 Å². The molecule has 0 saturated heterocycles. The minimum atomic E-state index is -3.29. The van der Waals surface area contributed by atoms with Crippen LogP contribution in [0.25, 0.3) is 20.9 Å². The number of hydrogen-bond donors (Lipinski definition) is 0. The van der Waals surface area contributed by atoms with Gasteiger partial charge in [-0.25, -0.2) is 8.42 Å². The number of hydrogen-bond acceptors (Lipinski definition) is 4. The Morgan fingerprint density at radius 3 is 1.77 bits per heavy atom. The highest BCUT2D eigenvalue weighted by atomic mass is 32.2. The first kappa shape index (κ1) is 9.40. The maximum Gasteiger partial charge on any atom is 0.158 e. The normalized spacial score (nSPS) is 19.1. The lowest BCUT2D eigenvalue weighted by Crippen LogP contribution is -2.02. The number of sulfone groups is 1. The van der Waals surface area contributed by atoms with Crippen molar-refractivity contribution in [3.8, 4) is 0 Å². The summed E-state index contributed by atoms with van der Waals surface area (Å²) in [5.74, 6) is -0.711. The van der Waals surface area contributed by atoms with Gasteiger partial charge in [0.1, 0.15) is 0 Å². The second kappa shape index (κ2) is 3.36. The zero-order chi connectivity index (χ0) is 9.90. The van der Waals surface area contributed by atoms with E-state index >= 15 is 0 Å². The maximum absolute atomic E-state index is 11.0. The summed E-state index contributed by atoms with van der Waals surface area (Å²) in [6, 6.07) is 0. The molecule has 0 aliphatic carbocycles. The summed E-state index contributed by atoms with van der Waals surface area (Å²) in [7, 11) is -3.29. The molecule has 0 fully saturated rings. The Kier molecular flexibility index (Phi) is 2.43. The highest BCUT2D eigenvalue weighted by molar-refractivity contribution is 7.92. The van der Waals surface area contributed by atoms with Gasteiger partial charge in [-0.1, -0.05) is 10.2 Å². The molecule has 8 nitrogen and oxygen atoms in total.